The highest BCUT2D eigenvalue weighted by atomic mass is 16.2. The lowest BCUT2D eigenvalue weighted by Crippen LogP contribution is -2.29. The van der Waals surface area contributed by atoms with E-state index in [0.29, 0.717) is 12.5 Å². The number of hydrogen-bond acceptors (Lipinski definition) is 2. The maximum Gasteiger partial charge on any atom is 0.225 e. The number of carbonyl (C=O) groups is 1. The van der Waals surface area contributed by atoms with Gasteiger partial charge in [0.15, 0.2) is 0 Å². The molecule has 0 saturated carbocycles. The molecule has 3 nitrogen and oxygen atoms in total. The zero-order valence-corrected chi connectivity index (χ0v) is 10.7. The van der Waals surface area contributed by atoms with Gasteiger partial charge in [0.05, 0.1) is 0 Å². The van der Waals surface area contributed by atoms with Gasteiger partial charge in [0.1, 0.15) is 5.82 Å². The first kappa shape index (κ1) is 12.7. The zero-order valence-electron chi connectivity index (χ0n) is 10.7. The first-order valence-electron chi connectivity index (χ1n) is 5.73. The van der Waals surface area contributed by atoms with Gasteiger partial charge in [-0.1, -0.05) is 19.9 Å². The molecule has 0 aliphatic rings. The van der Waals surface area contributed by atoms with Crippen LogP contribution in [0.1, 0.15) is 44.9 Å². The Bertz CT molecular complexity index is 386. The monoisotopic (exact) mass is 220 g/mol. The van der Waals surface area contributed by atoms with E-state index in [4.69, 9.17) is 0 Å². The van der Waals surface area contributed by atoms with Gasteiger partial charge >= 0.3 is 0 Å². The second kappa shape index (κ2) is 5.10. The number of pyridine rings is 1. The summed E-state index contributed by atoms with van der Waals surface area (Å²) in [7, 11) is 0. The van der Waals surface area contributed by atoms with Crippen molar-refractivity contribution in [3.05, 3.63) is 23.4 Å². The molecule has 0 N–H and O–H groups in total. The van der Waals surface area contributed by atoms with E-state index in [1.54, 1.807) is 11.8 Å². The number of anilines is 1. The first-order valence-corrected chi connectivity index (χ1v) is 5.73. The number of hydrogen-bond donors (Lipinski definition) is 0. The summed E-state index contributed by atoms with van der Waals surface area (Å²) in [6.45, 7) is 10.5. The molecule has 0 fully saturated rings. The zero-order chi connectivity index (χ0) is 12.3. The Hall–Kier alpha value is -1.38. The lowest BCUT2D eigenvalue weighted by atomic mass is 10.0. The summed E-state index contributed by atoms with van der Waals surface area (Å²) < 4.78 is 0. The van der Waals surface area contributed by atoms with Crippen LogP contribution in [-0.4, -0.2) is 17.4 Å². The third-order valence-corrected chi connectivity index (χ3v) is 2.71. The van der Waals surface area contributed by atoms with E-state index in [-0.39, 0.29) is 5.91 Å². The van der Waals surface area contributed by atoms with E-state index in [1.165, 1.54) is 5.56 Å². The number of carbonyl (C=O) groups excluding carboxylic acids is 1. The van der Waals surface area contributed by atoms with Crippen molar-refractivity contribution < 1.29 is 4.79 Å². The molecule has 0 saturated heterocycles. The molecule has 3 heteroatoms. The van der Waals surface area contributed by atoms with Crippen LogP contribution in [0.15, 0.2) is 12.1 Å². The minimum absolute atomic E-state index is 0.0340. The van der Waals surface area contributed by atoms with Gasteiger partial charge in [0, 0.05) is 19.2 Å². The van der Waals surface area contributed by atoms with Crippen molar-refractivity contribution in [2.75, 3.05) is 11.4 Å². The van der Waals surface area contributed by atoms with Gasteiger partial charge in [-0.2, -0.15) is 0 Å². The summed E-state index contributed by atoms with van der Waals surface area (Å²) in [6, 6.07) is 3.99. The van der Waals surface area contributed by atoms with E-state index in [0.717, 1.165) is 11.5 Å². The highest BCUT2D eigenvalue weighted by Crippen LogP contribution is 2.21. The maximum atomic E-state index is 11.4. The summed E-state index contributed by atoms with van der Waals surface area (Å²) in [5.41, 5.74) is 2.25. The van der Waals surface area contributed by atoms with Gasteiger partial charge in [-0.25, -0.2) is 4.98 Å². The molecule has 88 valence electrons. The Labute approximate surface area is 97.5 Å². The predicted molar refractivity (Wildman–Crippen MR) is 66.8 cm³/mol. The standard InChI is InChI=1S/C13H20N2O/c1-6-15(11(5)16)13-8-7-12(9(2)3)10(4)14-13/h7-9H,6H2,1-5H3. The Morgan fingerprint density at radius 3 is 2.44 bits per heavy atom. The summed E-state index contributed by atoms with van der Waals surface area (Å²) in [4.78, 5) is 17.6. The van der Waals surface area contributed by atoms with Crippen LogP contribution in [0.4, 0.5) is 5.82 Å². The molecule has 0 radical (unpaired) electrons. The number of aromatic nitrogens is 1. The van der Waals surface area contributed by atoms with Crippen LogP contribution in [0.5, 0.6) is 0 Å². The topological polar surface area (TPSA) is 33.2 Å². The number of rotatable bonds is 3. The molecule has 1 aromatic heterocycles. The summed E-state index contributed by atoms with van der Waals surface area (Å²) >= 11 is 0. The molecular weight excluding hydrogens is 200 g/mol. The molecule has 0 atom stereocenters. The lowest BCUT2D eigenvalue weighted by molar-refractivity contribution is -0.116. The van der Waals surface area contributed by atoms with Gasteiger partial charge in [0.2, 0.25) is 5.91 Å². The van der Waals surface area contributed by atoms with Crippen LogP contribution in [0.2, 0.25) is 0 Å². The molecule has 0 aromatic carbocycles. The smallest absolute Gasteiger partial charge is 0.225 e. The van der Waals surface area contributed by atoms with E-state index >= 15 is 0 Å². The van der Waals surface area contributed by atoms with Crippen LogP contribution in [0.25, 0.3) is 0 Å². The highest BCUT2D eigenvalue weighted by Gasteiger charge is 2.12. The minimum atomic E-state index is 0.0340. The Morgan fingerprint density at radius 1 is 1.44 bits per heavy atom. The molecule has 1 amide bonds. The first-order chi connectivity index (χ1) is 7.47. The van der Waals surface area contributed by atoms with Crippen molar-refractivity contribution in [3.63, 3.8) is 0 Å². The predicted octanol–water partition coefficient (Wildman–Crippen LogP) is 2.89. The van der Waals surface area contributed by atoms with Crippen LogP contribution in [0, 0.1) is 6.92 Å². The van der Waals surface area contributed by atoms with Crippen molar-refractivity contribution in [2.24, 2.45) is 0 Å². The average Bonchev–Trinajstić information content (AvgIpc) is 2.17. The normalized spacial score (nSPS) is 10.6. The SMILES string of the molecule is CCN(C(C)=O)c1ccc(C(C)C)c(C)n1. The molecule has 1 heterocycles. The van der Waals surface area contributed by atoms with E-state index in [2.05, 4.69) is 24.9 Å². The summed E-state index contributed by atoms with van der Waals surface area (Å²) in [5, 5.41) is 0. The molecule has 1 rings (SSSR count). The number of amides is 1. The molecule has 0 aliphatic carbocycles. The van der Waals surface area contributed by atoms with E-state index < -0.39 is 0 Å². The van der Waals surface area contributed by atoms with Gasteiger partial charge in [-0.05, 0) is 31.4 Å². The molecule has 0 bridgehead atoms. The quantitative estimate of drug-likeness (QED) is 0.784. The second-order valence-corrected chi connectivity index (χ2v) is 4.26. The summed E-state index contributed by atoms with van der Waals surface area (Å²) in [5.74, 6) is 1.25. The maximum absolute atomic E-state index is 11.4. The van der Waals surface area contributed by atoms with Crippen LogP contribution < -0.4 is 4.90 Å². The van der Waals surface area contributed by atoms with Crippen molar-refractivity contribution in [1.82, 2.24) is 4.98 Å². The molecular formula is C13H20N2O. The van der Waals surface area contributed by atoms with Crippen molar-refractivity contribution in [3.8, 4) is 0 Å². The highest BCUT2D eigenvalue weighted by molar-refractivity contribution is 5.90. The van der Waals surface area contributed by atoms with E-state index in [1.807, 2.05) is 19.9 Å². The fourth-order valence-corrected chi connectivity index (χ4v) is 1.87. The van der Waals surface area contributed by atoms with Crippen molar-refractivity contribution in [2.45, 2.75) is 40.5 Å². The molecule has 16 heavy (non-hydrogen) atoms. The Balaban J connectivity index is 3.09. The minimum Gasteiger partial charge on any atom is -0.297 e. The molecule has 1 aromatic rings. The number of aryl methyl sites for hydroxylation is 1. The lowest BCUT2D eigenvalue weighted by Gasteiger charge is -2.19. The average molecular weight is 220 g/mol. The van der Waals surface area contributed by atoms with Gasteiger partial charge in [-0.15, -0.1) is 0 Å². The van der Waals surface area contributed by atoms with Gasteiger partial charge in [0.25, 0.3) is 0 Å². The van der Waals surface area contributed by atoms with Crippen LogP contribution >= 0.6 is 0 Å². The Kier molecular flexibility index (Phi) is 4.05. The fraction of sp³-hybridized carbons (Fsp3) is 0.538. The van der Waals surface area contributed by atoms with Crippen molar-refractivity contribution >= 4 is 11.7 Å². The third-order valence-electron chi connectivity index (χ3n) is 2.71. The molecule has 0 unspecified atom stereocenters. The van der Waals surface area contributed by atoms with Crippen LogP contribution in [-0.2, 0) is 4.79 Å². The van der Waals surface area contributed by atoms with E-state index in [9.17, 15) is 4.79 Å². The number of nitrogens with zero attached hydrogens (tertiary/aromatic N) is 2. The molecule has 0 aliphatic heterocycles. The van der Waals surface area contributed by atoms with Crippen molar-refractivity contribution in [1.29, 1.82) is 0 Å². The fourth-order valence-electron chi connectivity index (χ4n) is 1.87. The summed E-state index contributed by atoms with van der Waals surface area (Å²) in [6.07, 6.45) is 0. The molecule has 0 spiro atoms. The van der Waals surface area contributed by atoms with Gasteiger partial charge < -0.3 is 0 Å². The van der Waals surface area contributed by atoms with Gasteiger partial charge in [-0.3, -0.25) is 9.69 Å². The third kappa shape index (κ3) is 2.60. The Morgan fingerprint density at radius 2 is 2.06 bits per heavy atom. The largest absolute Gasteiger partial charge is 0.297 e. The van der Waals surface area contributed by atoms with Crippen LogP contribution in [0.3, 0.4) is 0 Å². The second-order valence-electron chi connectivity index (χ2n) is 4.26.